The summed E-state index contributed by atoms with van der Waals surface area (Å²) in [4.78, 5) is 24.7. The van der Waals surface area contributed by atoms with E-state index < -0.39 is 11.9 Å². The largest absolute Gasteiger partial charge is 0.342 e. The molecule has 1 heterocycles. The van der Waals surface area contributed by atoms with Gasteiger partial charge in [-0.1, -0.05) is 48.2 Å². The molecule has 0 unspecified atom stereocenters. The molecule has 1 atom stereocenters. The van der Waals surface area contributed by atoms with E-state index in [2.05, 4.69) is 27.4 Å². The number of anilines is 1. The first kappa shape index (κ1) is 22.2. The summed E-state index contributed by atoms with van der Waals surface area (Å²) >= 11 is 1.17. The Bertz CT molecular complexity index is 1070. The van der Waals surface area contributed by atoms with Crippen molar-refractivity contribution >= 4 is 29.3 Å². The van der Waals surface area contributed by atoms with Crippen molar-refractivity contribution in [1.29, 1.82) is 0 Å². The molecule has 2 N–H and O–H groups in total. The molecule has 0 fully saturated rings. The second-order valence-corrected chi connectivity index (χ2v) is 7.56. The number of hydrogen-bond acceptors (Lipinski definition) is 5. The van der Waals surface area contributed by atoms with Crippen LogP contribution in [0.25, 0.3) is 0 Å². The molecular formula is C22H22FN5O2S. The van der Waals surface area contributed by atoms with Crippen molar-refractivity contribution in [2.24, 2.45) is 0 Å². The van der Waals surface area contributed by atoms with Crippen LogP contribution in [0.15, 0.2) is 72.4 Å². The monoisotopic (exact) mass is 439 g/mol. The Morgan fingerprint density at radius 3 is 2.58 bits per heavy atom. The van der Waals surface area contributed by atoms with Crippen LogP contribution in [0, 0.1) is 5.82 Å². The fourth-order valence-electron chi connectivity index (χ4n) is 2.84. The van der Waals surface area contributed by atoms with Crippen molar-refractivity contribution in [3.05, 3.63) is 84.5 Å². The molecule has 0 saturated heterocycles. The van der Waals surface area contributed by atoms with Crippen molar-refractivity contribution in [2.75, 3.05) is 11.1 Å². The summed E-state index contributed by atoms with van der Waals surface area (Å²) in [6.45, 7) is 5.97. The van der Waals surface area contributed by atoms with Gasteiger partial charge in [0.2, 0.25) is 5.91 Å². The minimum Gasteiger partial charge on any atom is -0.342 e. The molecule has 160 valence electrons. The Balaban J connectivity index is 1.66. The number of allylic oxidation sites excluding steroid dienone is 1. The number of rotatable bonds is 9. The molecule has 0 saturated carbocycles. The third kappa shape index (κ3) is 5.79. The van der Waals surface area contributed by atoms with Gasteiger partial charge in [0, 0.05) is 12.1 Å². The summed E-state index contributed by atoms with van der Waals surface area (Å²) in [5, 5.41) is 14.3. The number of amides is 2. The average molecular weight is 440 g/mol. The first-order chi connectivity index (χ1) is 15.0. The van der Waals surface area contributed by atoms with E-state index in [0.29, 0.717) is 23.1 Å². The number of halogens is 1. The van der Waals surface area contributed by atoms with E-state index in [-0.39, 0.29) is 23.3 Å². The molecular weight excluding hydrogens is 417 g/mol. The lowest BCUT2D eigenvalue weighted by molar-refractivity contribution is -0.113. The number of benzene rings is 2. The smallest absolute Gasteiger partial charge is 0.251 e. The van der Waals surface area contributed by atoms with E-state index in [4.69, 9.17) is 0 Å². The number of aromatic nitrogens is 3. The van der Waals surface area contributed by atoms with Crippen molar-refractivity contribution in [2.45, 2.75) is 24.7 Å². The molecule has 7 nitrogen and oxygen atoms in total. The Morgan fingerprint density at radius 2 is 1.87 bits per heavy atom. The zero-order valence-electron chi connectivity index (χ0n) is 16.9. The van der Waals surface area contributed by atoms with E-state index >= 15 is 0 Å². The highest BCUT2D eigenvalue weighted by Crippen LogP contribution is 2.22. The van der Waals surface area contributed by atoms with Crippen LogP contribution in [0.2, 0.25) is 0 Å². The SMILES string of the molecule is C=CCn1c(SCC(=O)Nc2ccccc2F)nnc1[C@H](C)NC(=O)c1ccccc1. The summed E-state index contributed by atoms with van der Waals surface area (Å²) in [5.74, 6) is -0.522. The highest BCUT2D eigenvalue weighted by molar-refractivity contribution is 7.99. The molecule has 9 heteroatoms. The zero-order valence-corrected chi connectivity index (χ0v) is 17.7. The van der Waals surface area contributed by atoms with Crippen LogP contribution in [-0.2, 0) is 11.3 Å². The van der Waals surface area contributed by atoms with Crippen LogP contribution < -0.4 is 10.6 Å². The molecule has 3 aromatic rings. The minimum absolute atomic E-state index is 0.0222. The summed E-state index contributed by atoms with van der Waals surface area (Å²) < 4.78 is 15.5. The summed E-state index contributed by atoms with van der Waals surface area (Å²) in [6, 6.07) is 14.4. The standard InChI is InChI=1S/C22H22FN5O2S/c1-3-13-28-20(15(2)24-21(30)16-9-5-4-6-10-16)26-27-22(28)31-14-19(29)25-18-12-8-7-11-17(18)23/h3-12,15H,1,13-14H2,2H3,(H,24,30)(H,25,29)/t15-/m0/s1. The van der Waals surface area contributed by atoms with Crippen LogP contribution in [0.3, 0.4) is 0 Å². The number of thioether (sulfide) groups is 1. The Morgan fingerprint density at radius 1 is 1.16 bits per heavy atom. The number of carbonyl (C=O) groups is 2. The maximum Gasteiger partial charge on any atom is 0.251 e. The van der Waals surface area contributed by atoms with Crippen molar-refractivity contribution < 1.29 is 14.0 Å². The van der Waals surface area contributed by atoms with Crippen LogP contribution >= 0.6 is 11.8 Å². The van der Waals surface area contributed by atoms with Gasteiger partial charge in [0.1, 0.15) is 5.82 Å². The maximum atomic E-state index is 13.7. The van der Waals surface area contributed by atoms with E-state index in [1.165, 1.54) is 23.9 Å². The number of para-hydroxylation sites is 1. The molecule has 2 aromatic carbocycles. The molecule has 31 heavy (non-hydrogen) atoms. The lowest BCUT2D eigenvalue weighted by atomic mass is 10.2. The molecule has 0 radical (unpaired) electrons. The second-order valence-electron chi connectivity index (χ2n) is 6.62. The van der Waals surface area contributed by atoms with E-state index in [9.17, 15) is 14.0 Å². The second kappa shape index (κ2) is 10.5. The molecule has 3 rings (SSSR count). The maximum absolute atomic E-state index is 13.7. The third-order valence-corrected chi connectivity index (χ3v) is 5.28. The van der Waals surface area contributed by atoms with Gasteiger partial charge in [-0.15, -0.1) is 16.8 Å². The average Bonchev–Trinajstić information content (AvgIpc) is 3.17. The van der Waals surface area contributed by atoms with E-state index in [1.54, 1.807) is 47.0 Å². The van der Waals surface area contributed by atoms with Crippen molar-refractivity contribution in [3.63, 3.8) is 0 Å². The molecule has 0 aliphatic rings. The van der Waals surface area contributed by atoms with Gasteiger partial charge in [0.25, 0.3) is 5.91 Å². The summed E-state index contributed by atoms with van der Waals surface area (Å²) in [5.41, 5.74) is 0.669. The number of hydrogen-bond donors (Lipinski definition) is 2. The Labute approximate surface area is 183 Å². The van der Waals surface area contributed by atoms with Crippen LogP contribution in [-0.4, -0.2) is 32.3 Å². The number of nitrogens with one attached hydrogen (secondary N) is 2. The van der Waals surface area contributed by atoms with Gasteiger partial charge in [0.15, 0.2) is 11.0 Å². The fraction of sp³-hybridized carbons (Fsp3) is 0.182. The molecule has 2 amide bonds. The third-order valence-electron chi connectivity index (χ3n) is 4.31. The minimum atomic E-state index is -0.499. The quantitative estimate of drug-likeness (QED) is 0.391. The van der Waals surface area contributed by atoms with Crippen molar-refractivity contribution in [1.82, 2.24) is 20.1 Å². The van der Waals surface area contributed by atoms with Crippen LogP contribution in [0.4, 0.5) is 10.1 Å². The topological polar surface area (TPSA) is 88.9 Å². The normalized spacial score (nSPS) is 11.5. The Kier molecular flexibility index (Phi) is 7.55. The number of carbonyl (C=O) groups excluding carboxylic acids is 2. The van der Waals surface area contributed by atoms with E-state index in [1.807, 2.05) is 13.0 Å². The van der Waals surface area contributed by atoms with Crippen LogP contribution in [0.5, 0.6) is 0 Å². The lowest BCUT2D eigenvalue weighted by Crippen LogP contribution is -2.28. The van der Waals surface area contributed by atoms with Gasteiger partial charge < -0.3 is 15.2 Å². The summed E-state index contributed by atoms with van der Waals surface area (Å²) in [6.07, 6.45) is 1.68. The molecule has 0 spiro atoms. The highest BCUT2D eigenvalue weighted by Gasteiger charge is 2.20. The molecule has 1 aromatic heterocycles. The van der Waals surface area contributed by atoms with Crippen molar-refractivity contribution in [3.8, 4) is 0 Å². The number of nitrogens with zero attached hydrogens (tertiary/aromatic N) is 3. The van der Waals surface area contributed by atoms with Gasteiger partial charge in [-0.2, -0.15) is 0 Å². The predicted molar refractivity (Wildman–Crippen MR) is 118 cm³/mol. The first-order valence-electron chi connectivity index (χ1n) is 9.56. The molecule has 0 aliphatic heterocycles. The highest BCUT2D eigenvalue weighted by atomic mass is 32.2. The predicted octanol–water partition coefficient (Wildman–Crippen LogP) is 3.83. The Hall–Kier alpha value is -3.46. The molecule has 0 bridgehead atoms. The first-order valence-corrected chi connectivity index (χ1v) is 10.5. The van der Waals surface area contributed by atoms with Gasteiger partial charge in [-0.05, 0) is 31.2 Å². The molecule has 0 aliphatic carbocycles. The lowest BCUT2D eigenvalue weighted by Gasteiger charge is -2.15. The van der Waals surface area contributed by atoms with Gasteiger partial charge >= 0.3 is 0 Å². The van der Waals surface area contributed by atoms with Gasteiger partial charge in [0.05, 0.1) is 17.5 Å². The van der Waals surface area contributed by atoms with Gasteiger partial charge in [-0.3, -0.25) is 9.59 Å². The van der Waals surface area contributed by atoms with Gasteiger partial charge in [-0.25, -0.2) is 4.39 Å². The zero-order chi connectivity index (χ0) is 22.2. The fourth-order valence-corrected chi connectivity index (χ4v) is 3.60. The summed E-state index contributed by atoms with van der Waals surface area (Å²) in [7, 11) is 0. The van der Waals surface area contributed by atoms with E-state index in [0.717, 1.165) is 0 Å². The van der Waals surface area contributed by atoms with Crippen LogP contribution in [0.1, 0.15) is 29.1 Å².